The maximum Gasteiger partial charge on any atom is 0.255 e. The molecule has 1 aromatic rings. The predicted octanol–water partition coefficient (Wildman–Crippen LogP) is 1.06. The van der Waals surface area contributed by atoms with Crippen molar-refractivity contribution in [3.05, 3.63) is 23.8 Å². The van der Waals surface area contributed by atoms with E-state index >= 15 is 0 Å². The van der Waals surface area contributed by atoms with Crippen molar-refractivity contribution in [1.29, 1.82) is 0 Å². The minimum absolute atomic E-state index is 0.146. The molecular formula is C13H20N2O3. The lowest BCUT2D eigenvalue weighted by Gasteiger charge is -2.12. The van der Waals surface area contributed by atoms with Gasteiger partial charge in [0, 0.05) is 6.54 Å². The fourth-order valence-corrected chi connectivity index (χ4v) is 1.47. The van der Waals surface area contributed by atoms with Crippen LogP contribution in [0.1, 0.15) is 19.4 Å². The summed E-state index contributed by atoms with van der Waals surface area (Å²) >= 11 is 0. The molecule has 0 unspecified atom stereocenters. The number of amides is 1. The lowest BCUT2D eigenvalue weighted by Crippen LogP contribution is -2.20. The van der Waals surface area contributed by atoms with Gasteiger partial charge in [-0.25, -0.2) is 0 Å². The number of primary amides is 1. The molecule has 1 rings (SSSR count). The number of nitrogens with one attached hydrogen (secondary N) is 1. The number of carbonyl (C=O) groups excluding carboxylic acids is 1. The maximum absolute atomic E-state index is 10.7. The van der Waals surface area contributed by atoms with Crippen molar-refractivity contribution >= 4 is 5.91 Å². The van der Waals surface area contributed by atoms with Crippen LogP contribution in [-0.2, 0) is 11.3 Å². The van der Waals surface area contributed by atoms with Crippen LogP contribution in [0, 0.1) is 0 Å². The molecule has 0 aliphatic carbocycles. The van der Waals surface area contributed by atoms with Crippen LogP contribution in [0.4, 0.5) is 0 Å². The number of rotatable bonds is 8. The van der Waals surface area contributed by atoms with Crippen LogP contribution in [0.25, 0.3) is 0 Å². The lowest BCUT2D eigenvalue weighted by molar-refractivity contribution is -0.119. The van der Waals surface area contributed by atoms with E-state index in [9.17, 15) is 4.79 Å². The third kappa shape index (κ3) is 4.63. The first-order valence-electron chi connectivity index (χ1n) is 6.04. The third-order valence-electron chi connectivity index (χ3n) is 2.26. The van der Waals surface area contributed by atoms with Gasteiger partial charge >= 0.3 is 0 Å². The van der Waals surface area contributed by atoms with E-state index in [4.69, 9.17) is 15.2 Å². The summed E-state index contributed by atoms with van der Waals surface area (Å²) in [5, 5.41) is 3.23. The first-order chi connectivity index (χ1) is 8.67. The van der Waals surface area contributed by atoms with Gasteiger partial charge in [0.05, 0.1) is 6.61 Å². The van der Waals surface area contributed by atoms with Crippen molar-refractivity contribution in [2.75, 3.05) is 19.8 Å². The van der Waals surface area contributed by atoms with Gasteiger partial charge in [-0.3, -0.25) is 4.79 Å². The fourth-order valence-electron chi connectivity index (χ4n) is 1.47. The second kappa shape index (κ2) is 7.55. The topological polar surface area (TPSA) is 73.6 Å². The average molecular weight is 252 g/mol. The summed E-state index contributed by atoms with van der Waals surface area (Å²) in [7, 11) is 0. The van der Waals surface area contributed by atoms with Gasteiger partial charge in [-0.2, -0.15) is 0 Å². The molecule has 5 heteroatoms. The molecule has 0 fully saturated rings. The molecule has 0 aromatic heterocycles. The van der Waals surface area contributed by atoms with Gasteiger partial charge < -0.3 is 20.5 Å². The van der Waals surface area contributed by atoms with Gasteiger partial charge in [0.1, 0.15) is 0 Å². The van der Waals surface area contributed by atoms with E-state index in [0.717, 1.165) is 18.7 Å². The highest BCUT2D eigenvalue weighted by Gasteiger charge is 2.07. The number of benzene rings is 1. The molecule has 0 saturated carbocycles. The minimum Gasteiger partial charge on any atom is -0.490 e. The van der Waals surface area contributed by atoms with E-state index in [2.05, 4.69) is 5.32 Å². The second-order valence-electron chi connectivity index (χ2n) is 3.75. The van der Waals surface area contributed by atoms with Gasteiger partial charge in [-0.05, 0) is 31.2 Å². The van der Waals surface area contributed by atoms with Crippen LogP contribution in [0.3, 0.4) is 0 Å². The molecule has 5 nitrogen and oxygen atoms in total. The number of carbonyl (C=O) groups is 1. The summed E-state index contributed by atoms with van der Waals surface area (Å²) in [6, 6.07) is 5.63. The first kappa shape index (κ1) is 14.3. The van der Waals surface area contributed by atoms with Crippen LogP contribution in [0.15, 0.2) is 18.2 Å². The Bertz CT molecular complexity index is 394. The molecule has 0 heterocycles. The number of nitrogens with two attached hydrogens (primary N) is 1. The van der Waals surface area contributed by atoms with Crippen molar-refractivity contribution in [2.24, 2.45) is 5.73 Å². The number of hydrogen-bond acceptors (Lipinski definition) is 4. The van der Waals surface area contributed by atoms with Crippen molar-refractivity contribution in [1.82, 2.24) is 5.32 Å². The largest absolute Gasteiger partial charge is 0.490 e. The normalized spacial score (nSPS) is 10.1. The van der Waals surface area contributed by atoms with E-state index in [1.165, 1.54) is 0 Å². The van der Waals surface area contributed by atoms with Crippen LogP contribution < -0.4 is 20.5 Å². The van der Waals surface area contributed by atoms with Crippen LogP contribution >= 0.6 is 0 Å². The average Bonchev–Trinajstić information content (AvgIpc) is 2.35. The fraction of sp³-hybridized carbons (Fsp3) is 0.462. The highest BCUT2D eigenvalue weighted by Crippen LogP contribution is 2.28. The molecule has 0 radical (unpaired) electrons. The van der Waals surface area contributed by atoms with E-state index in [1.807, 2.05) is 26.0 Å². The standard InChI is InChI=1S/C13H20N2O3/c1-3-15-8-10-5-6-11(18-9-13(14)16)12(7-10)17-4-2/h5-7,15H,3-4,8-9H2,1-2H3,(H2,14,16). The van der Waals surface area contributed by atoms with E-state index in [0.29, 0.717) is 18.1 Å². The summed E-state index contributed by atoms with van der Waals surface area (Å²) < 4.78 is 10.8. The summed E-state index contributed by atoms with van der Waals surface area (Å²) in [6.07, 6.45) is 0. The molecule has 1 aromatic carbocycles. The summed E-state index contributed by atoms with van der Waals surface area (Å²) in [6.45, 7) is 6.02. The second-order valence-corrected chi connectivity index (χ2v) is 3.75. The van der Waals surface area contributed by atoms with Crippen molar-refractivity contribution in [3.8, 4) is 11.5 Å². The SMILES string of the molecule is CCNCc1ccc(OCC(N)=O)c(OCC)c1. The maximum atomic E-state index is 10.7. The Balaban J connectivity index is 2.78. The summed E-state index contributed by atoms with van der Waals surface area (Å²) in [5.74, 6) is 0.666. The van der Waals surface area contributed by atoms with E-state index in [-0.39, 0.29) is 6.61 Å². The van der Waals surface area contributed by atoms with Gasteiger partial charge in [-0.1, -0.05) is 13.0 Å². The molecule has 0 aliphatic heterocycles. The molecule has 0 aliphatic rings. The van der Waals surface area contributed by atoms with E-state index < -0.39 is 5.91 Å². The molecule has 1 amide bonds. The monoisotopic (exact) mass is 252 g/mol. The summed E-state index contributed by atoms with van der Waals surface area (Å²) in [4.78, 5) is 10.7. The Labute approximate surface area is 107 Å². The Hall–Kier alpha value is -1.75. The smallest absolute Gasteiger partial charge is 0.255 e. The molecule has 18 heavy (non-hydrogen) atoms. The Morgan fingerprint density at radius 3 is 2.67 bits per heavy atom. The molecule has 3 N–H and O–H groups in total. The molecule has 0 bridgehead atoms. The molecule has 100 valence electrons. The van der Waals surface area contributed by atoms with Crippen LogP contribution in [0.5, 0.6) is 11.5 Å². The first-order valence-corrected chi connectivity index (χ1v) is 6.04. The quantitative estimate of drug-likeness (QED) is 0.725. The lowest BCUT2D eigenvalue weighted by atomic mass is 10.2. The third-order valence-corrected chi connectivity index (χ3v) is 2.26. The Morgan fingerprint density at radius 1 is 1.28 bits per heavy atom. The van der Waals surface area contributed by atoms with Crippen molar-refractivity contribution < 1.29 is 14.3 Å². The Kier molecular flexibility index (Phi) is 6.00. The summed E-state index contributed by atoms with van der Waals surface area (Å²) in [5.41, 5.74) is 6.15. The highest BCUT2D eigenvalue weighted by molar-refractivity contribution is 5.75. The minimum atomic E-state index is -0.505. The Morgan fingerprint density at radius 2 is 2.06 bits per heavy atom. The van der Waals surface area contributed by atoms with Gasteiger partial charge in [0.25, 0.3) is 5.91 Å². The van der Waals surface area contributed by atoms with Crippen LogP contribution in [-0.4, -0.2) is 25.7 Å². The molecular weight excluding hydrogens is 232 g/mol. The zero-order valence-electron chi connectivity index (χ0n) is 10.9. The highest BCUT2D eigenvalue weighted by atomic mass is 16.5. The van der Waals surface area contributed by atoms with Gasteiger partial charge in [0.15, 0.2) is 18.1 Å². The van der Waals surface area contributed by atoms with Crippen molar-refractivity contribution in [2.45, 2.75) is 20.4 Å². The number of ether oxygens (including phenoxy) is 2. The zero-order valence-corrected chi connectivity index (χ0v) is 10.9. The van der Waals surface area contributed by atoms with Crippen LogP contribution in [0.2, 0.25) is 0 Å². The number of hydrogen-bond donors (Lipinski definition) is 2. The molecule has 0 atom stereocenters. The van der Waals surface area contributed by atoms with Gasteiger partial charge in [-0.15, -0.1) is 0 Å². The van der Waals surface area contributed by atoms with E-state index in [1.54, 1.807) is 6.07 Å². The van der Waals surface area contributed by atoms with Gasteiger partial charge in [0.2, 0.25) is 0 Å². The predicted molar refractivity (Wildman–Crippen MR) is 69.7 cm³/mol. The molecule has 0 saturated heterocycles. The molecule has 0 spiro atoms. The van der Waals surface area contributed by atoms with Crippen molar-refractivity contribution in [3.63, 3.8) is 0 Å². The zero-order chi connectivity index (χ0) is 13.4.